The van der Waals surface area contributed by atoms with Gasteiger partial charge < -0.3 is 14.8 Å². The average Bonchev–Trinajstić information content (AvgIpc) is 2.99. The lowest BCUT2D eigenvalue weighted by Gasteiger charge is -2.19. The van der Waals surface area contributed by atoms with Gasteiger partial charge in [0.05, 0.1) is 20.8 Å². The monoisotopic (exact) mass is 306 g/mol. The van der Waals surface area contributed by atoms with Gasteiger partial charge in [0.25, 0.3) is 0 Å². The molecule has 1 aliphatic rings. The Hall–Kier alpha value is -1.75. The van der Waals surface area contributed by atoms with Gasteiger partial charge in [0, 0.05) is 12.6 Å². The Morgan fingerprint density at radius 1 is 1.23 bits per heavy atom. The van der Waals surface area contributed by atoms with E-state index in [0.29, 0.717) is 30.6 Å². The third kappa shape index (κ3) is 4.63. The quantitative estimate of drug-likeness (QED) is 0.839. The highest BCUT2D eigenvalue weighted by Gasteiger charge is 2.18. The Kier molecular flexibility index (Phi) is 6.07. The van der Waals surface area contributed by atoms with Crippen molar-refractivity contribution in [2.75, 3.05) is 27.8 Å². The molecule has 0 aromatic heterocycles. The van der Waals surface area contributed by atoms with Gasteiger partial charge in [-0.1, -0.05) is 18.9 Å². The van der Waals surface area contributed by atoms with Gasteiger partial charge in [-0.15, -0.1) is 0 Å². The van der Waals surface area contributed by atoms with E-state index in [1.807, 2.05) is 30.1 Å². The Bertz CT molecular complexity index is 499. The third-order valence-corrected chi connectivity index (χ3v) is 4.03. The minimum atomic E-state index is 0.106. The molecule has 22 heavy (non-hydrogen) atoms. The number of nitrogens with one attached hydrogen (secondary N) is 1. The van der Waals surface area contributed by atoms with Crippen molar-refractivity contribution < 1.29 is 14.3 Å². The van der Waals surface area contributed by atoms with Crippen LogP contribution in [-0.4, -0.2) is 44.7 Å². The molecule has 0 radical (unpaired) electrons. The Balaban J connectivity index is 1.85. The molecule has 0 heterocycles. The largest absolute Gasteiger partial charge is 0.493 e. The van der Waals surface area contributed by atoms with Gasteiger partial charge in [0.15, 0.2) is 11.5 Å². The maximum absolute atomic E-state index is 12.0. The molecule has 122 valence electrons. The summed E-state index contributed by atoms with van der Waals surface area (Å²) >= 11 is 0. The normalized spacial score (nSPS) is 15.1. The summed E-state index contributed by atoms with van der Waals surface area (Å²) in [5, 5.41) is 3.11. The second kappa shape index (κ2) is 8.03. The van der Waals surface area contributed by atoms with E-state index in [2.05, 4.69) is 5.32 Å². The van der Waals surface area contributed by atoms with Gasteiger partial charge in [-0.05, 0) is 37.6 Å². The van der Waals surface area contributed by atoms with E-state index in [0.717, 1.165) is 18.4 Å². The van der Waals surface area contributed by atoms with E-state index in [1.54, 1.807) is 14.2 Å². The van der Waals surface area contributed by atoms with Crippen LogP contribution in [-0.2, 0) is 11.3 Å². The average molecular weight is 306 g/mol. The van der Waals surface area contributed by atoms with Gasteiger partial charge in [0.1, 0.15) is 0 Å². The molecular formula is C17H26N2O3. The number of hydrogen-bond acceptors (Lipinski definition) is 4. The number of amides is 1. The summed E-state index contributed by atoms with van der Waals surface area (Å²) in [4.78, 5) is 14.0. The molecule has 0 unspecified atom stereocenters. The van der Waals surface area contributed by atoms with Gasteiger partial charge in [-0.3, -0.25) is 9.69 Å². The van der Waals surface area contributed by atoms with Crippen LogP contribution in [0.25, 0.3) is 0 Å². The molecule has 0 bridgehead atoms. The van der Waals surface area contributed by atoms with Crippen molar-refractivity contribution in [2.24, 2.45) is 0 Å². The van der Waals surface area contributed by atoms with Crippen molar-refractivity contribution in [2.45, 2.75) is 38.3 Å². The molecule has 1 aromatic rings. The van der Waals surface area contributed by atoms with Crippen molar-refractivity contribution >= 4 is 5.91 Å². The Morgan fingerprint density at radius 2 is 1.91 bits per heavy atom. The molecule has 1 aromatic carbocycles. The van der Waals surface area contributed by atoms with Crippen LogP contribution in [0.2, 0.25) is 0 Å². The van der Waals surface area contributed by atoms with Crippen LogP contribution in [0.4, 0.5) is 0 Å². The van der Waals surface area contributed by atoms with E-state index in [9.17, 15) is 4.79 Å². The lowest BCUT2D eigenvalue weighted by molar-refractivity contribution is -0.122. The molecule has 0 aliphatic heterocycles. The Morgan fingerprint density at radius 3 is 2.55 bits per heavy atom. The fourth-order valence-corrected chi connectivity index (χ4v) is 2.94. The van der Waals surface area contributed by atoms with Gasteiger partial charge in [-0.25, -0.2) is 0 Å². The number of carbonyl (C=O) groups is 1. The van der Waals surface area contributed by atoms with E-state index >= 15 is 0 Å². The van der Waals surface area contributed by atoms with Crippen LogP contribution in [0.1, 0.15) is 31.2 Å². The number of nitrogens with zero attached hydrogens (tertiary/aromatic N) is 1. The Labute approximate surface area is 132 Å². The molecule has 2 rings (SSSR count). The lowest BCUT2D eigenvalue weighted by Crippen LogP contribution is -2.39. The molecule has 1 fully saturated rings. The molecule has 1 aliphatic carbocycles. The number of carbonyl (C=O) groups excluding carboxylic acids is 1. The first-order valence-electron chi connectivity index (χ1n) is 7.81. The summed E-state index contributed by atoms with van der Waals surface area (Å²) < 4.78 is 10.5. The van der Waals surface area contributed by atoms with Crippen molar-refractivity contribution in [1.29, 1.82) is 0 Å². The van der Waals surface area contributed by atoms with Crippen LogP contribution < -0.4 is 14.8 Å². The topological polar surface area (TPSA) is 50.8 Å². The smallest absolute Gasteiger partial charge is 0.234 e. The summed E-state index contributed by atoms with van der Waals surface area (Å²) in [7, 11) is 5.20. The first-order valence-corrected chi connectivity index (χ1v) is 7.81. The first-order chi connectivity index (χ1) is 10.6. The highest BCUT2D eigenvalue weighted by Crippen LogP contribution is 2.27. The van der Waals surface area contributed by atoms with Gasteiger partial charge >= 0.3 is 0 Å². The standard InChI is InChI=1S/C17H26N2O3/c1-19(12-17(20)18-14-6-4-5-7-14)11-13-8-9-15(21-2)16(10-13)22-3/h8-10,14H,4-7,11-12H2,1-3H3,(H,18,20). The highest BCUT2D eigenvalue weighted by molar-refractivity contribution is 5.78. The first kappa shape index (κ1) is 16.6. The highest BCUT2D eigenvalue weighted by atomic mass is 16.5. The van der Waals surface area contributed by atoms with Gasteiger partial charge in [-0.2, -0.15) is 0 Å². The van der Waals surface area contributed by atoms with E-state index in [-0.39, 0.29) is 5.91 Å². The molecule has 0 atom stereocenters. The summed E-state index contributed by atoms with van der Waals surface area (Å²) in [5.41, 5.74) is 1.09. The zero-order chi connectivity index (χ0) is 15.9. The number of hydrogen-bond donors (Lipinski definition) is 1. The van der Waals surface area contributed by atoms with Crippen LogP contribution >= 0.6 is 0 Å². The maximum atomic E-state index is 12.0. The molecule has 5 nitrogen and oxygen atoms in total. The third-order valence-electron chi connectivity index (χ3n) is 4.03. The summed E-state index contributed by atoms with van der Waals surface area (Å²) in [6, 6.07) is 6.21. The summed E-state index contributed by atoms with van der Waals surface area (Å²) in [5.74, 6) is 1.53. The van der Waals surface area contributed by atoms with E-state index in [4.69, 9.17) is 9.47 Å². The fraction of sp³-hybridized carbons (Fsp3) is 0.588. The molecular weight excluding hydrogens is 280 g/mol. The summed E-state index contributed by atoms with van der Waals surface area (Å²) in [6.07, 6.45) is 4.69. The molecule has 1 amide bonds. The van der Waals surface area contributed by atoms with Crippen molar-refractivity contribution in [3.05, 3.63) is 23.8 Å². The molecule has 0 saturated heterocycles. The molecule has 5 heteroatoms. The maximum Gasteiger partial charge on any atom is 0.234 e. The van der Waals surface area contributed by atoms with Crippen molar-refractivity contribution in [3.8, 4) is 11.5 Å². The SMILES string of the molecule is COc1ccc(CN(C)CC(=O)NC2CCCC2)cc1OC. The zero-order valence-electron chi connectivity index (χ0n) is 13.7. The van der Waals surface area contributed by atoms with Crippen LogP contribution in [0.15, 0.2) is 18.2 Å². The van der Waals surface area contributed by atoms with E-state index < -0.39 is 0 Å². The molecule has 1 saturated carbocycles. The zero-order valence-corrected chi connectivity index (χ0v) is 13.7. The fourth-order valence-electron chi connectivity index (χ4n) is 2.94. The minimum absolute atomic E-state index is 0.106. The molecule has 0 spiro atoms. The van der Waals surface area contributed by atoms with Crippen LogP contribution in [0, 0.1) is 0 Å². The van der Waals surface area contributed by atoms with Crippen LogP contribution in [0.5, 0.6) is 11.5 Å². The minimum Gasteiger partial charge on any atom is -0.493 e. The predicted octanol–water partition coefficient (Wildman–Crippen LogP) is 2.19. The molecule has 1 N–H and O–H groups in total. The van der Waals surface area contributed by atoms with Crippen LogP contribution in [0.3, 0.4) is 0 Å². The van der Waals surface area contributed by atoms with E-state index in [1.165, 1.54) is 12.8 Å². The number of benzene rings is 1. The number of methoxy groups -OCH3 is 2. The number of ether oxygens (including phenoxy) is 2. The predicted molar refractivity (Wildman–Crippen MR) is 86.3 cm³/mol. The summed E-state index contributed by atoms with van der Waals surface area (Å²) in [6.45, 7) is 1.10. The number of rotatable bonds is 7. The number of likely N-dealkylation sites (N-methyl/N-ethyl adjacent to an activating group) is 1. The lowest BCUT2D eigenvalue weighted by atomic mass is 10.2. The second-order valence-electron chi connectivity index (χ2n) is 5.91. The van der Waals surface area contributed by atoms with Crippen molar-refractivity contribution in [1.82, 2.24) is 10.2 Å². The second-order valence-corrected chi connectivity index (χ2v) is 5.91. The van der Waals surface area contributed by atoms with Gasteiger partial charge in [0.2, 0.25) is 5.91 Å². The van der Waals surface area contributed by atoms with Crippen molar-refractivity contribution in [3.63, 3.8) is 0 Å².